The fraction of sp³-hybridized carbons (Fsp3) is 0.360. The summed E-state index contributed by atoms with van der Waals surface area (Å²) in [5, 5.41) is 8.41. The molecule has 5 heteroatoms. The van der Waals surface area contributed by atoms with Gasteiger partial charge in [-0.1, -0.05) is 23.7 Å². The number of hydrogen-bond donors (Lipinski definition) is 1. The molecule has 4 rings (SSSR count). The monoisotopic (exact) mass is 421 g/mol. The fourth-order valence-electron chi connectivity index (χ4n) is 3.94. The number of aromatic nitrogens is 2. The third kappa shape index (κ3) is 4.29. The van der Waals surface area contributed by atoms with E-state index >= 15 is 0 Å². The van der Waals surface area contributed by atoms with E-state index in [9.17, 15) is 4.79 Å². The molecule has 1 N–H and O–H groups in total. The normalized spacial score (nSPS) is 14.2. The number of rotatable bonds is 6. The number of benzene rings is 2. The van der Waals surface area contributed by atoms with E-state index in [0.717, 1.165) is 22.4 Å². The van der Waals surface area contributed by atoms with Gasteiger partial charge in [-0.05, 0) is 94.0 Å². The molecule has 0 atom stereocenters. The van der Waals surface area contributed by atoms with E-state index in [2.05, 4.69) is 44.2 Å². The molecular weight excluding hydrogens is 394 g/mol. The van der Waals surface area contributed by atoms with Gasteiger partial charge in [0.15, 0.2) is 0 Å². The predicted octanol–water partition coefficient (Wildman–Crippen LogP) is 6.37. The summed E-state index contributed by atoms with van der Waals surface area (Å²) in [6.45, 7) is 8.43. The van der Waals surface area contributed by atoms with Crippen LogP contribution in [0.2, 0.25) is 5.02 Å². The Morgan fingerprint density at radius 3 is 2.37 bits per heavy atom. The summed E-state index contributed by atoms with van der Waals surface area (Å²) < 4.78 is 1.98. The van der Waals surface area contributed by atoms with Gasteiger partial charge < -0.3 is 5.32 Å². The van der Waals surface area contributed by atoms with Gasteiger partial charge in [-0.25, -0.2) is 0 Å². The van der Waals surface area contributed by atoms with Crippen LogP contribution in [0.5, 0.6) is 0 Å². The van der Waals surface area contributed by atoms with Crippen LogP contribution in [-0.2, 0) is 0 Å². The van der Waals surface area contributed by atoms with Crippen LogP contribution in [0.4, 0.5) is 0 Å². The smallest absolute Gasteiger partial charge is 0.251 e. The minimum Gasteiger partial charge on any atom is -0.347 e. The Morgan fingerprint density at radius 1 is 1.07 bits per heavy atom. The summed E-state index contributed by atoms with van der Waals surface area (Å²) in [6.07, 6.45) is 4.16. The van der Waals surface area contributed by atoms with Gasteiger partial charge in [0.25, 0.3) is 5.91 Å². The molecule has 0 unspecified atom stereocenters. The standard InChI is InChI=1S/C25H28ClN3O/c1-16(2)29-23(11-12-27-29)19-13-18(17-5-9-22(26)10-6-17)14-20(15-19)24(30)28-25(3,4)21-7-8-21/h5-6,9-16,21H,7-8H2,1-4H3,(H,28,30). The van der Waals surface area contributed by atoms with E-state index < -0.39 is 0 Å². The van der Waals surface area contributed by atoms with Crippen molar-refractivity contribution in [1.29, 1.82) is 0 Å². The van der Waals surface area contributed by atoms with E-state index in [1.165, 1.54) is 12.8 Å². The van der Waals surface area contributed by atoms with Gasteiger partial charge >= 0.3 is 0 Å². The second-order valence-corrected chi connectivity index (χ2v) is 9.45. The lowest BCUT2D eigenvalue weighted by Gasteiger charge is -2.26. The topological polar surface area (TPSA) is 46.9 Å². The Kier molecular flexibility index (Phi) is 5.46. The van der Waals surface area contributed by atoms with Crippen molar-refractivity contribution < 1.29 is 4.79 Å². The van der Waals surface area contributed by atoms with Gasteiger partial charge in [-0.2, -0.15) is 5.10 Å². The lowest BCUT2D eigenvalue weighted by Crippen LogP contribution is -2.45. The fourth-order valence-corrected chi connectivity index (χ4v) is 4.07. The molecule has 1 amide bonds. The van der Waals surface area contributed by atoms with Gasteiger partial charge in [0, 0.05) is 33.9 Å². The summed E-state index contributed by atoms with van der Waals surface area (Å²) in [7, 11) is 0. The molecule has 156 valence electrons. The molecule has 30 heavy (non-hydrogen) atoms. The van der Waals surface area contributed by atoms with E-state index in [1.807, 2.05) is 47.1 Å². The Labute approximate surface area is 183 Å². The van der Waals surface area contributed by atoms with Crippen LogP contribution in [0.15, 0.2) is 54.7 Å². The zero-order valence-corrected chi connectivity index (χ0v) is 18.7. The number of nitrogens with zero attached hydrogens (tertiary/aromatic N) is 2. The maximum absolute atomic E-state index is 13.2. The zero-order valence-electron chi connectivity index (χ0n) is 17.9. The Hall–Kier alpha value is -2.59. The molecule has 0 spiro atoms. The Balaban J connectivity index is 1.78. The highest BCUT2D eigenvalue weighted by molar-refractivity contribution is 6.30. The molecule has 1 fully saturated rings. The van der Waals surface area contributed by atoms with Crippen molar-refractivity contribution in [2.75, 3.05) is 0 Å². The molecule has 0 bridgehead atoms. The van der Waals surface area contributed by atoms with Crippen molar-refractivity contribution in [3.8, 4) is 22.4 Å². The van der Waals surface area contributed by atoms with Gasteiger partial charge in [0.2, 0.25) is 0 Å². The first-order chi connectivity index (χ1) is 14.2. The van der Waals surface area contributed by atoms with Gasteiger partial charge in [-0.15, -0.1) is 0 Å². The maximum atomic E-state index is 13.2. The predicted molar refractivity (Wildman–Crippen MR) is 123 cm³/mol. The maximum Gasteiger partial charge on any atom is 0.251 e. The van der Waals surface area contributed by atoms with Crippen LogP contribution < -0.4 is 5.32 Å². The third-order valence-electron chi connectivity index (χ3n) is 5.86. The summed E-state index contributed by atoms with van der Waals surface area (Å²) in [6, 6.07) is 16.0. The highest BCUT2D eigenvalue weighted by Gasteiger charge is 2.38. The van der Waals surface area contributed by atoms with Crippen LogP contribution in [-0.4, -0.2) is 21.2 Å². The highest BCUT2D eigenvalue weighted by Crippen LogP contribution is 2.39. The first kappa shape index (κ1) is 20.7. The van der Waals surface area contributed by atoms with Gasteiger partial charge in [0.05, 0.1) is 5.69 Å². The van der Waals surface area contributed by atoms with E-state index in [0.29, 0.717) is 16.5 Å². The largest absolute Gasteiger partial charge is 0.347 e. The van der Waals surface area contributed by atoms with Crippen molar-refractivity contribution in [2.45, 2.75) is 52.1 Å². The van der Waals surface area contributed by atoms with E-state index in [-0.39, 0.29) is 17.5 Å². The highest BCUT2D eigenvalue weighted by atomic mass is 35.5. The average Bonchev–Trinajstić information content (AvgIpc) is 3.45. The molecule has 1 heterocycles. The van der Waals surface area contributed by atoms with E-state index in [1.54, 1.807) is 6.20 Å². The molecule has 1 aliphatic carbocycles. The minimum absolute atomic E-state index is 0.0421. The summed E-state index contributed by atoms with van der Waals surface area (Å²) in [5.74, 6) is 0.516. The Bertz CT molecular complexity index is 1060. The molecule has 1 saturated carbocycles. The van der Waals surface area contributed by atoms with Crippen LogP contribution in [0.1, 0.15) is 56.9 Å². The lowest BCUT2D eigenvalue weighted by molar-refractivity contribution is 0.0903. The van der Waals surface area contributed by atoms with Crippen molar-refractivity contribution in [3.63, 3.8) is 0 Å². The van der Waals surface area contributed by atoms with Crippen LogP contribution in [0.25, 0.3) is 22.4 Å². The number of amides is 1. The summed E-state index contributed by atoms with van der Waals surface area (Å²) >= 11 is 6.08. The SMILES string of the molecule is CC(C)n1nccc1-c1cc(C(=O)NC(C)(C)C2CC2)cc(-c2ccc(Cl)cc2)c1. The molecule has 0 aliphatic heterocycles. The number of carbonyl (C=O) groups is 1. The number of carbonyl (C=O) groups excluding carboxylic acids is 1. The molecular formula is C25H28ClN3O. The quantitative estimate of drug-likeness (QED) is 0.502. The third-order valence-corrected chi connectivity index (χ3v) is 6.11. The van der Waals surface area contributed by atoms with Crippen molar-refractivity contribution in [3.05, 3.63) is 65.3 Å². The molecule has 1 aliphatic rings. The van der Waals surface area contributed by atoms with Crippen LogP contribution >= 0.6 is 11.6 Å². The van der Waals surface area contributed by atoms with Crippen LogP contribution in [0.3, 0.4) is 0 Å². The van der Waals surface area contributed by atoms with Crippen molar-refractivity contribution >= 4 is 17.5 Å². The summed E-state index contributed by atoms with van der Waals surface area (Å²) in [5.41, 5.74) is 4.43. The molecule has 0 saturated heterocycles. The molecule has 1 aromatic heterocycles. The number of hydrogen-bond acceptors (Lipinski definition) is 2. The molecule has 4 nitrogen and oxygen atoms in total. The van der Waals surface area contributed by atoms with Crippen LogP contribution in [0, 0.1) is 5.92 Å². The molecule has 2 aromatic carbocycles. The number of nitrogens with one attached hydrogen (secondary N) is 1. The van der Waals surface area contributed by atoms with Crippen molar-refractivity contribution in [1.82, 2.24) is 15.1 Å². The zero-order chi connectivity index (χ0) is 21.5. The Morgan fingerprint density at radius 2 is 1.73 bits per heavy atom. The lowest BCUT2D eigenvalue weighted by atomic mass is 9.95. The first-order valence-corrected chi connectivity index (χ1v) is 10.9. The second kappa shape index (κ2) is 7.92. The minimum atomic E-state index is -0.201. The van der Waals surface area contributed by atoms with Crippen molar-refractivity contribution in [2.24, 2.45) is 5.92 Å². The second-order valence-electron chi connectivity index (χ2n) is 9.01. The number of halogens is 1. The summed E-state index contributed by atoms with van der Waals surface area (Å²) in [4.78, 5) is 13.2. The molecule has 3 aromatic rings. The van der Waals surface area contributed by atoms with E-state index in [4.69, 9.17) is 11.6 Å². The van der Waals surface area contributed by atoms with Gasteiger partial charge in [0.1, 0.15) is 0 Å². The molecule has 0 radical (unpaired) electrons. The average molecular weight is 422 g/mol. The van der Waals surface area contributed by atoms with Gasteiger partial charge in [-0.3, -0.25) is 9.48 Å². The first-order valence-electron chi connectivity index (χ1n) is 10.5.